The van der Waals surface area contributed by atoms with Gasteiger partial charge in [-0.3, -0.25) is 4.98 Å². The highest BCUT2D eigenvalue weighted by atomic mass is 19.1. The van der Waals surface area contributed by atoms with Gasteiger partial charge in [-0.05, 0) is 37.9 Å². The van der Waals surface area contributed by atoms with Crippen molar-refractivity contribution in [3.8, 4) is 11.8 Å². The molecule has 0 bridgehead atoms. The van der Waals surface area contributed by atoms with Crippen molar-refractivity contribution in [3.05, 3.63) is 29.8 Å². The van der Waals surface area contributed by atoms with Gasteiger partial charge in [-0.1, -0.05) is 6.92 Å². The van der Waals surface area contributed by atoms with Crippen LogP contribution in [0.3, 0.4) is 0 Å². The second-order valence-corrected chi connectivity index (χ2v) is 3.91. The van der Waals surface area contributed by atoms with Crippen LogP contribution < -0.4 is 5.32 Å². The molecule has 1 rings (SSSR count). The van der Waals surface area contributed by atoms with Crippen LogP contribution in [0.1, 0.15) is 44.7 Å². The molecule has 0 amide bonds. The van der Waals surface area contributed by atoms with E-state index in [9.17, 15) is 4.39 Å². The number of hydrogen-bond acceptors (Lipinski definition) is 2. The molecule has 2 nitrogen and oxygen atoms in total. The van der Waals surface area contributed by atoms with Gasteiger partial charge in [0, 0.05) is 18.7 Å². The Bertz CT molecular complexity index is 393. The van der Waals surface area contributed by atoms with E-state index in [4.69, 9.17) is 0 Å². The van der Waals surface area contributed by atoms with Crippen molar-refractivity contribution in [2.45, 2.75) is 39.2 Å². The molecule has 0 aliphatic heterocycles. The molecular formula is C14H19FN2. The standard InChI is InChI=1S/C14H19FN2/c1-3-5-6-7-14(17-8-4-2)12-9-13(15)11-16-10-12/h9-11,14,17H,4,6-8H2,1-2H3. The summed E-state index contributed by atoms with van der Waals surface area (Å²) in [4.78, 5) is 3.89. The zero-order valence-corrected chi connectivity index (χ0v) is 10.5. The third-order valence-corrected chi connectivity index (χ3v) is 2.50. The molecule has 1 atom stereocenters. The summed E-state index contributed by atoms with van der Waals surface area (Å²) in [6.45, 7) is 4.86. The zero-order valence-electron chi connectivity index (χ0n) is 10.5. The molecule has 0 fully saturated rings. The van der Waals surface area contributed by atoms with E-state index >= 15 is 0 Å². The van der Waals surface area contributed by atoms with Crippen LogP contribution in [0.4, 0.5) is 4.39 Å². The molecule has 1 aromatic heterocycles. The van der Waals surface area contributed by atoms with E-state index in [2.05, 4.69) is 29.1 Å². The van der Waals surface area contributed by atoms with Crippen molar-refractivity contribution >= 4 is 0 Å². The molecule has 0 saturated carbocycles. The Morgan fingerprint density at radius 2 is 2.29 bits per heavy atom. The van der Waals surface area contributed by atoms with Crippen molar-refractivity contribution in [1.29, 1.82) is 0 Å². The quantitative estimate of drug-likeness (QED) is 0.765. The monoisotopic (exact) mass is 234 g/mol. The molecule has 3 heteroatoms. The van der Waals surface area contributed by atoms with E-state index in [0.29, 0.717) is 0 Å². The second-order valence-electron chi connectivity index (χ2n) is 3.91. The smallest absolute Gasteiger partial charge is 0.141 e. The minimum atomic E-state index is -0.285. The highest BCUT2D eigenvalue weighted by Crippen LogP contribution is 2.18. The summed E-state index contributed by atoms with van der Waals surface area (Å²) in [5, 5.41) is 3.40. The largest absolute Gasteiger partial charge is 0.310 e. The number of nitrogens with zero attached hydrogens (tertiary/aromatic N) is 1. The predicted molar refractivity (Wildman–Crippen MR) is 67.9 cm³/mol. The van der Waals surface area contributed by atoms with Crippen LogP contribution in [0.15, 0.2) is 18.5 Å². The van der Waals surface area contributed by atoms with Crippen molar-refractivity contribution in [2.75, 3.05) is 6.54 Å². The highest BCUT2D eigenvalue weighted by Gasteiger charge is 2.10. The summed E-state index contributed by atoms with van der Waals surface area (Å²) in [5.74, 6) is 5.63. The second kappa shape index (κ2) is 7.81. The summed E-state index contributed by atoms with van der Waals surface area (Å²) in [7, 11) is 0. The maximum atomic E-state index is 13.1. The molecule has 0 radical (unpaired) electrons. The first-order chi connectivity index (χ1) is 8.27. The minimum absolute atomic E-state index is 0.138. The van der Waals surface area contributed by atoms with Crippen molar-refractivity contribution in [2.24, 2.45) is 0 Å². The van der Waals surface area contributed by atoms with Crippen molar-refractivity contribution in [3.63, 3.8) is 0 Å². The Labute approximate surface area is 103 Å². The molecular weight excluding hydrogens is 215 g/mol. The first kappa shape index (κ1) is 13.7. The molecule has 17 heavy (non-hydrogen) atoms. The van der Waals surface area contributed by atoms with E-state index < -0.39 is 0 Å². The topological polar surface area (TPSA) is 24.9 Å². The first-order valence-corrected chi connectivity index (χ1v) is 6.01. The van der Waals surface area contributed by atoms with Crippen LogP contribution in [-0.2, 0) is 0 Å². The number of halogens is 1. The van der Waals surface area contributed by atoms with E-state index in [1.54, 1.807) is 12.3 Å². The third kappa shape index (κ3) is 4.97. The molecule has 1 aromatic rings. The van der Waals surface area contributed by atoms with Gasteiger partial charge in [0.15, 0.2) is 0 Å². The molecule has 0 aliphatic carbocycles. The minimum Gasteiger partial charge on any atom is -0.310 e. The number of pyridine rings is 1. The molecule has 1 heterocycles. The Kier molecular flexibility index (Phi) is 6.27. The van der Waals surface area contributed by atoms with Gasteiger partial charge in [-0.25, -0.2) is 4.39 Å². The average Bonchev–Trinajstić information content (AvgIpc) is 2.33. The lowest BCUT2D eigenvalue weighted by Gasteiger charge is -2.17. The van der Waals surface area contributed by atoms with Gasteiger partial charge in [-0.15, -0.1) is 11.8 Å². The summed E-state index contributed by atoms with van der Waals surface area (Å²) in [6, 6.07) is 1.68. The number of nitrogens with one attached hydrogen (secondary N) is 1. The van der Waals surface area contributed by atoms with E-state index in [1.807, 2.05) is 6.92 Å². The van der Waals surface area contributed by atoms with E-state index in [0.717, 1.165) is 31.4 Å². The predicted octanol–water partition coefficient (Wildman–Crippen LogP) is 3.06. The highest BCUT2D eigenvalue weighted by molar-refractivity contribution is 5.15. The normalized spacial score (nSPS) is 11.7. The molecule has 0 aliphatic rings. The molecule has 1 unspecified atom stereocenters. The number of rotatable bonds is 6. The molecule has 92 valence electrons. The van der Waals surface area contributed by atoms with Gasteiger partial charge < -0.3 is 5.32 Å². The van der Waals surface area contributed by atoms with Gasteiger partial charge in [0.05, 0.1) is 6.20 Å². The van der Waals surface area contributed by atoms with Crippen molar-refractivity contribution < 1.29 is 4.39 Å². The molecule has 0 aromatic carbocycles. The van der Waals surface area contributed by atoms with Crippen LogP contribution in [0.2, 0.25) is 0 Å². The zero-order chi connectivity index (χ0) is 12.5. The van der Waals surface area contributed by atoms with Gasteiger partial charge >= 0.3 is 0 Å². The fourth-order valence-electron chi connectivity index (χ4n) is 1.67. The van der Waals surface area contributed by atoms with Gasteiger partial charge in [0.2, 0.25) is 0 Å². The van der Waals surface area contributed by atoms with Crippen LogP contribution in [0.25, 0.3) is 0 Å². The molecule has 0 spiro atoms. The Hall–Kier alpha value is -1.40. The maximum Gasteiger partial charge on any atom is 0.141 e. The van der Waals surface area contributed by atoms with Gasteiger partial charge in [0.1, 0.15) is 5.82 Å². The summed E-state index contributed by atoms with van der Waals surface area (Å²) < 4.78 is 13.1. The van der Waals surface area contributed by atoms with Crippen LogP contribution in [-0.4, -0.2) is 11.5 Å². The Morgan fingerprint density at radius 1 is 1.47 bits per heavy atom. The fourth-order valence-corrected chi connectivity index (χ4v) is 1.67. The maximum absolute atomic E-state index is 13.1. The first-order valence-electron chi connectivity index (χ1n) is 6.01. The lowest BCUT2D eigenvalue weighted by molar-refractivity contribution is 0.499. The van der Waals surface area contributed by atoms with Crippen LogP contribution >= 0.6 is 0 Å². The van der Waals surface area contributed by atoms with E-state index in [-0.39, 0.29) is 11.9 Å². The fraction of sp³-hybridized carbons (Fsp3) is 0.500. The third-order valence-electron chi connectivity index (χ3n) is 2.50. The van der Waals surface area contributed by atoms with E-state index in [1.165, 1.54) is 6.20 Å². The van der Waals surface area contributed by atoms with Gasteiger partial charge in [0.25, 0.3) is 0 Å². The summed E-state index contributed by atoms with van der Waals surface area (Å²) in [6.07, 6.45) is 5.70. The summed E-state index contributed by atoms with van der Waals surface area (Å²) >= 11 is 0. The molecule has 1 N–H and O–H groups in total. The lowest BCUT2D eigenvalue weighted by atomic mass is 10.0. The average molecular weight is 234 g/mol. The molecule has 0 saturated heterocycles. The van der Waals surface area contributed by atoms with Crippen LogP contribution in [0, 0.1) is 17.7 Å². The van der Waals surface area contributed by atoms with Crippen molar-refractivity contribution in [1.82, 2.24) is 10.3 Å². The number of aromatic nitrogens is 1. The Balaban J connectivity index is 2.69. The number of hydrogen-bond donors (Lipinski definition) is 1. The van der Waals surface area contributed by atoms with Crippen LogP contribution in [0.5, 0.6) is 0 Å². The summed E-state index contributed by atoms with van der Waals surface area (Å²) in [5.41, 5.74) is 0.899. The lowest BCUT2D eigenvalue weighted by Crippen LogP contribution is -2.22. The Morgan fingerprint density at radius 3 is 2.94 bits per heavy atom. The SMILES string of the molecule is CC#CCCC(NCCC)c1cncc(F)c1. The van der Waals surface area contributed by atoms with Gasteiger partial charge in [-0.2, -0.15) is 0 Å².